The number of aromatic nitrogens is 1. The van der Waals surface area contributed by atoms with E-state index >= 15 is 0 Å². The van der Waals surface area contributed by atoms with Gasteiger partial charge in [0.05, 0.1) is 6.04 Å². The lowest BCUT2D eigenvalue weighted by molar-refractivity contribution is -0.133. The molecular weight excluding hydrogens is 320 g/mol. The maximum absolute atomic E-state index is 13.1. The molecule has 3 atom stereocenters. The first-order valence-corrected chi connectivity index (χ1v) is 8.96. The summed E-state index contributed by atoms with van der Waals surface area (Å²) in [4.78, 5) is 19.2. The molecule has 1 aromatic carbocycles. The summed E-state index contributed by atoms with van der Waals surface area (Å²) in [6.45, 7) is 0. The SMILES string of the molecule is CN(C(=O)C1[C@@H]2CCC[C@@H]12)[C@H](c1ccc(Cl)cc1)c1cccnc1. The average molecular weight is 341 g/mol. The highest BCUT2D eigenvalue weighted by atomic mass is 35.5. The smallest absolute Gasteiger partial charge is 0.226 e. The topological polar surface area (TPSA) is 33.2 Å². The summed E-state index contributed by atoms with van der Waals surface area (Å²) < 4.78 is 0. The van der Waals surface area contributed by atoms with Crippen LogP contribution in [0.4, 0.5) is 0 Å². The van der Waals surface area contributed by atoms with Gasteiger partial charge in [0.2, 0.25) is 5.91 Å². The number of benzene rings is 1. The highest BCUT2D eigenvalue weighted by Gasteiger charge is 2.57. The van der Waals surface area contributed by atoms with Crippen molar-refractivity contribution in [2.24, 2.45) is 17.8 Å². The van der Waals surface area contributed by atoms with Gasteiger partial charge >= 0.3 is 0 Å². The van der Waals surface area contributed by atoms with Crippen molar-refractivity contribution in [1.29, 1.82) is 0 Å². The molecule has 0 unspecified atom stereocenters. The number of rotatable bonds is 4. The molecule has 0 bridgehead atoms. The van der Waals surface area contributed by atoms with E-state index in [1.54, 1.807) is 6.20 Å². The Bertz CT molecular complexity index is 721. The Morgan fingerprint density at radius 2 is 1.88 bits per heavy atom. The van der Waals surface area contributed by atoms with Crippen LogP contribution in [0.15, 0.2) is 48.8 Å². The fourth-order valence-electron chi connectivity index (χ4n) is 4.37. The second kappa shape index (κ2) is 6.21. The Morgan fingerprint density at radius 3 is 2.50 bits per heavy atom. The molecule has 124 valence electrons. The van der Waals surface area contributed by atoms with Crippen LogP contribution in [-0.2, 0) is 4.79 Å². The zero-order valence-electron chi connectivity index (χ0n) is 13.7. The fourth-order valence-corrected chi connectivity index (χ4v) is 4.50. The summed E-state index contributed by atoms with van der Waals surface area (Å²) in [7, 11) is 1.92. The molecule has 2 fully saturated rings. The van der Waals surface area contributed by atoms with Crippen LogP contribution in [0.1, 0.15) is 36.4 Å². The molecule has 2 saturated carbocycles. The van der Waals surface area contributed by atoms with E-state index in [0.29, 0.717) is 16.9 Å². The van der Waals surface area contributed by atoms with E-state index in [0.717, 1.165) is 11.1 Å². The van der Waals surface area contributed by atoms with Crippen LogP contribution in [0.3, 0.4) is 0 Å². The van der Waals surface area contributed by atoms with Crippen molar-refractivity contribution in [3.05, 3.63) is 64.9 Å². The molecule has 2 aromatic rings. The standard InChI is InChI=1S/C20H21ClN2O/c1-23(20(24)18-16-5-2-6-17(16)18)19(14-4-3-11-22-12-14)13-7-9-15(21)10-8-13/h3-4,7-12,16-19H,2,5-6H2,1H3/t16-,17-,19-/m1/s1. The lowest BCUT2D eigenvalue weighted by Gasteiger charge is -2.29. The van der Waals surface area contributed by atoms with E-state index in [1.165, 1.54) is 19.3 Å². The van der Waals surface area contributed by atoms with Gasteiger partial charge in [0.1, 0.15) is 0 Å². The highest BCUT2D eigenvalue weighted by molar-refractivity contribution is 6.30. The summed E-state index contributed by atoms with van der Waals surface area (Å²) in [5.41, 5.74) is 2.09. The van der Waals surface area contributed by atoms with Gasteiger partial charge in [-0.15, -0.1) is 0 Å². The zero-order valence-corrected chi connectivity index (χ0v) is 14.5. The van der Waals surface area contributed by atoms with Gasteiger partial charge in [-0.05, 0) is 54.0 Å². The largest absolute Gasteiger partial charge is 0.334 e. The van der Waals surface area contributed by atoms with E-state index in [4.69, 9.17) is 11.6 Å². The third-order valence-corrected chi connectivity index (χ3v) is 5.86. The van der Waals surface area contributed by atoms with Crippen LogP contribution >= 0.6 is 11.6 Å². The molecule has 1 aromatic heterocycles. The number of pyridine rings is 1. The van der Waals surface area contributed by atoms with Crippen molar-refractivity contribution in [2.45, 2.75) is 25.3 Å². The Morgan fingerprint density at radius 1 is 1.17 bits per heavy atom. The van der Waals surface area contributed by atoms with Crippen LogP contribution in [-0.4, -0.2) is 22.8 Å². The second-order valence-electron chi connectivity index (χ2n) is 6.97. The predicted molar refractivity (Wildman–Crippen MR) is 94.6 cm³/mol. The number of hydrogen-bond donors (Lipinski definition) is 0. The van der Waals surface area contributed by atoms with Crippen molar-refractivity contribution < 1.29 is 4.79 Å². The molecule has 0 N–H and O–H groups in total. The number of nitrogens with zero attached hydrogens (tertiary/aromatic N) is 2. The van der Waals surface area contributed by atoms with E-state index in [2.05, 4.69) is 4.98 Å². The van der Waals surface area contributed by atoms with Gasteiger partial charge in [0.15, 0.2) is 0 Å². The van der Waals surface area contributed by atoms with Crippen LogP contribution < -0.4 is 0 Å². The molecule has 4 rings (SSSR count). The molecule has 0 saturated heterocycles. The number of hydrogen-bond acceptors (Lipinski definition) is 2. The normalized spacial score (nSPS) is 25.8. The molecule has 3 nitrogen and oxygen atoms in total. The van der Waals surface area contributed by atoms with Crippen molar-refractivity contribution in [1.82, 2.24) is 9.88 Å². The Labute approximate surface area is 147 Å². The van der Waals surface area contributed by atoms with Crippen molar-refractivity contribution in [2.75, 3.05) is 7.05 Å². The average Bonchev–Trinajstić information content (AvgIpc) is 3.08. The highest BCUT2D eigenvalue weighted by Crippen LogP contribution is 2.58. The minimum atomic E-state index is -0.121. The number of carbonyl (C=O) groups excluding carboxylic acids is 1. The summed E-state index contributed by atoms with van der Waals surface area (Å²) in [6, 6.07) is 11.6. The van der Waals surface area contributed by atoms with E-state index in [-0.39, 0.29) is 17.9 Å². The molecule has 4 heteroatoms. The fraction of sp³-hybridized carbons (Fsp3) is 0.400. The summed E-state index contributed by atoms with van der Waals surface area (Å²) in [6.07, 6.45) is 7.32. The van der Waals surface area contributed by atoms with Crippen molar-refractivity contribution in [3.63, 3.8) is 0 Å². The van der Waals surface area contributed by atoms with Gasteiger partial charge in [-0.1, -0.05) is 36.2 Å². The zero-order chi connectivity index (χ0) is 16.7. The van der Waals surface area contributed by atoms with E-state index < -0.39 is 0 Å². The van der Waals surface area contributed by atoms with Gasteiger partial charge in [-0.3, -0.25) is 9.78 Å². The summed E-state index contributed by atoms with van der Waals surface area (Å²) in [5.74, 6) is 1.75. The number of carbonyl (C=O) groups is 1. The maximum Gasteiger partial charge on any atom is 0.226 e. The predicted octanol–water partition coefficient (Wildman–Crippen LogP) is 4.33. The van der Waals surface area contributed by atoms with Gasteiger partial charge in [0, 0.05) is 30.4 Å². The Kier molecular flexibility index (Phi) is 4.05. The quantitative estimate of drug-likeness (QED) is 0.830. The van der Waals surface area contributed by atoms with Gasteiger partial charge < -0.3 is 4.90 Å². The number of amides is 1. The van der Waals surface area contributed by atoms with Crippen LogP contribution in [0.25, 0.3) is 0 Å². The molecule has 2 aliphatic rings. The van der Waals surface area contributed by atoms with Crippen LogP contribution in [0.2, 0.25) is 5.02 Å². The molecular formula is C20H21ClN2O. The third-order valence-electron chi connectivity index (χ3n) is 5.61. The minimum absolute atomic E-state index is 0.121. The molecule has 24 heavy (non-hydrogen) atoms. The lowest BCUT2D eigenvalue weighted by atomic mass is 9.98. The van der Waals surface area contributed by atoms with Gasteiger partial charge in [-0.2, -0.15) is 0 Å². The third kappa shape index (κ3) is 2.71. The summed E-state index contributed by atoms with van der Waals surface area (Å²) in [5, 5.41) is 0.703. The van der Waals surface area contributed by atoms with Crippen LogP contribution in [0.5, 0.6) is 0 Å². The monoisotopic (exact) mass is 340 g/mol. The van der Waals surface area contributed by atoms with Gasteiger partial charge in [0.25, 0.3) is 0 Å². The maximum atomic E-state index is 13.1. The van der Waals surface area contributed by atoms with E-state index in [1.807, 2.05) is 54.5 Å². The molecule has 0 aliphatic heterocycles. The minimum Gasteiger partial charge on any atom is -0.334 e. The number of halogens is 1. The van der Waals surface area contributed by atoms with Crippen LogP contribution in [0, 0.1) is 17.8 Å². The number of fused-ring (bicyclic) bond motifs is 1. The lowest BCUT2D eigenvalue weighted by Crippen LogP contribution is -2.34. The second-order valence-corrected chi connectivity index (χ2v) is 7.41. The van der Waals surface area contributed by atoms with E-state index in [9.17, 15) is 4.79 Å². The first-order chi connectivity index (χ1) is 11.7. The molecule has 0 radical (unpaired) electrons. The molecule has 2 aliphatic carbocycles. The first-order valence-electron chi connectivity index (χ1n) is 8.59. The van der Waals surface area contributed by atoms with Crippen molar-refractivity contribution >= 4 is 17.5 Å². The van der Waals surface area contributed by atoms with Crippen molar-refractivity contribution in [3.8, 4) is 0 Å². The Hall–Kier alpha value is -1.87. The molecule has 1 heterocycles. The first kappa shape index (κ1) is 15.6. The Balaban J connectivity index is 1.64. The summed E-state index contributed by atoms with van der Waals surface area (Å²) >= 11 is 6.04. The molecule has 1 amide bonds. The molecule has 0 spiro atoms. The van der Waals surface area contributed by atoms with Gasteiger partial charge in [-0.25, -0.2) is 0 Å².